The second-order valence-corrected chi connectivity index (χ2v) is 5.91. The fourth-order valence-electron chi connectivity index (χ4n) is 2.50. The quantitative estimate of drug-likeness (QED) is 0.659. The minimum atomic E-state index is 0.190. The summed E-state index contributed by atoms with van der Waals surface area (Å²) in [6.45, 7) is 2.33. The van der Waals surface area contributed by atoms with Crippen LogP contribution in [0.25, 0.3) is 0 Å². The van der Waals surface area contributed by atoms with Crippen molar-refractivity contribution in [2.75, 3.05) is 0 Å². The summed E-state index contributed by atoms with van der Waals surface area (Å²) in [6.07, 6.45) is 3.96. The van der Waals surface area contributed by atoms with Gasteiger partial charge in [0.2, 0.25) is 0 Å². The number of hydrogen-bond donors (Lipinski definition) is 0. The smallest absolute Gasteiger partial charge is 0.0615 e. The summed E-state index contributed by atoms with van der Waals surface area (Å²) in [5.41, 5.74) is 1.26. The van der Waals surface area contributed by atoms with E-state index < -0.39 is 0 Å². The first kappa shape index (κ1) is 11.5. The van der Waals surface area contributed by atoms with E-state index >= 15 is 0 Å². The molecular formula is C13H16BrCl. The molecule has 0 nitrogen and oxygen atoms in total. The average molecular weight is 288 g/mol. The molecule has 0 radical (unpaired) electrons. The highest BCUT2D eigenvalue weighted by Gasteiger charge is 2.30. The Morgan fingerprint density at radius 1 is 1.27 bits per heavy atom. The Morgan fingerprint density at radius 3 is 2.47 bits per heavy atom. The minimum Gasteiger partial charge on any atom is -0.118 e. The minimum absolute atomic E-state index is 0.190. The van der Waals surface area contributed by atoms with Crippen molar-refractivity contribution in [1.82, 2.24) is 0 Å². The zero-order chi connectivity index (χ0) is 10.8. The molecule has 0 aromatic heterocycles. The van der Waals surface area contributed by atoms with Crippen molar-refractivity contribution >= 4 is 27.5 Å². The molecule has 1 aliphatic carbocycles. The molecule has 0 bridgehead atoms. The number of hydrogen-bond acceptors (Lipinski definition) is 0. The molecule has 15 heavy (non-hydrogen) atoms. The van der Waals surface area contributed by atoms with E-state index in [1.165, 1.54) is 24.8 Å². The Hall–Kier alpha value is -0.0100. The Labute approximate surface area is 105 Å². The van der Waals surface area contributed by atoms with Gasteiger partial charge in [-0.05, 0) is 36.0 Å². The van der Waals surface area contributed by atoms with Crippen molar-refractivity contribution in [3.05, 3.63) is 34.3 Å². The Kier molecular flexibility index (Phi) is 3.73. The molecule has 3 unspecified atom stereocenters. The lowest BCUT2D eigenvalue weighted by Crippen LogP contribution is -2.10. The molecule has 0 amide bonds. The van der Waals surface area contributed by atoms with Gasteiger partial charge in [0.1, 0.15) is 0 Å². The van der Waals surface area contributed by atoms with E-state index in [9.17, 15) is 0 Å². The average Bonchev–Trinajstić information content (AvgIpc) is 2.65. The van der Waals surface area contributed by atoms with Crippen LogP contribution in [-0.4, -0.2) is 0 Å². The van der Waals surface area contributed by atoms with Gasteiger partial charge < -0.3 is 0 Å². The van der Waals surface area contributed by atoms with E-state index in [1.807, 2.05) is 0 Å². The molecule has 1 aliphatic rings. The highest BCUT2D eigenvalue weighted by molar-refractivity contribution is 9.10. The fraction of sp³-hybridized carbons (Fsp3) is 0.538. The van der Waals surface area contributed by atoms with Gasteiger partial charge in [0.25, 0.3) is 0 Å². The van der Waals surface area contributed by atoms with Gasteiger partial charge in [-0.3, -0.25) is 0 Å². The molecule has 1 saturated carbocycles. The molecule has 1 aromatic carbocycles. The van der Waals surface area contributed by atoms with Gasteiger partial charge in [-0.15, -0.1) is 11.6 Å². The third kappa shape index (κ3) is 2.57. The molecule has 82 valence electrons. The first-order valence-electron chi connectivity index (χ1n) is 5.58. The lowest BCUT2D eigenvalue weighted by Gasteiger charge is -2.21. The van der Waals surface area contributed by atoms with Crippen LogP contribution in [0.4, 0.5) is 0 Å². The first-order valence-corrected chi connectivity index (χ1v) is 6.81. The maximum absolute atomic E-state index is 6.54. The van der Waals surface area contributed by atoms with E-state index in [1.54, 1.807) is 0 Å². The molecule has 1 aromatic rings. The van der Waals surface area contributed by atoms with Crippen molar-refractivity contribution in [2.24, 2.45) is 11.8 Å². The number of alkyl halides is 1. The van der Waals surface area contributed by atoms with Gasteiger partial charge in [-0.2, -0.15) is 0 Å². The predicted molar refractivity (Wildman–Crippen MR) is 69.2 cm³/mol. The van der Waals surface area contributed by atoms with Gasteiger partial charge in [-0.1, -0.05) is 47.8 Å². The normalized spacial score (nSPS) is 27.9. The van der Waals surface area contributed by atoms with Crippen LogP contribution in [0.15, 0.2) is 28.7 Å². The van der Waals surface area contributed by atoms with Crippen molar-refractivity contribution in [2.45, 2.75) is 31.6 Å². The topological polar surface area (TPSA) is 0 Å². The maximum atomic E-state index is 6.54. The maximum Gasteiger partial charge on any atom is 0.0615 e. The van der Waals surface area contributed by atoms with Crippen LogP contribution in [0.1, 0.15) is 37.1 Å². The van der Waals surface area contributed by atoms with E-state index in [0.717, 1.165) is 10.4 Å². The lowest BCUT2D eigenvalue weighted by molar-refractivity contribution is 0.406. The number of rotatable bonds is 2. The highest BCUT2D eigenvalue weighted by Crippen LogP contribution is 2.43. The third-order valence-corrected chi connectivity index (χ3v) is 4.60. The molecule has 0 N–H and O–H groups in total. The molecule has 0 heterocycles. The largest absolute Gasteiger partial charge is 0.118 e. The van der Waals surface area contributed by atoms with E-state index in [2.05, 4.69) is 47.1 Å². The van der Waals surface area contributed by atoms with Gasteiger partial charge in [0, 0.05) is 4.47 Å². The van der Waals surface area contributed by atoms with Crippen LogP contribution in [0, 0.1) is 11.8 Å². The summed E-state index contributed by atoms with van der Waals surface area (Å²) < 4.78 is 1.12. The Morgan fingerprint density at radius 2 is 1.93 bits per heavy atom. The summed E-state index contributed by atoms with van der Waals surface area (Å²) in [4.78, 5) is 0. The van der Waals surface area contributed by atoms with Crippen LogP contribution < -0.4 is 0 Å². The molecule has 0 aliphatic heterocycles. The highest BCUT2D eigenvalue weighted by atomic mass is 79.9. The SMILES string of the molecule is CC1CCCC1C(Cl)c1ccc(Br)cc1. The molecule has 2 rings (SSSR count). The van der Waals surface area contributed by atoms with Crippen LogP contribution in [0.3, 0.4) is 0 Å². The second kappa shape index (κ2) is 4.88. The molecular weight excluding hydrogens is 272 g/mol. The summed E-state index contributed by atoms with van der Waals surface area (Å²) >= 11 is 9.99. The first-order chi connectivity index (χ1) is 7.18. The molecule has 0 spiro atoms. The summed E-state index contributed by atoms with van der Waals surface area (Å²) in [6, 6.07) is 8.41. The molecule has 2 heteroatoms. The molecule has 1 fully saturated rings. The fourth-order valence-corrected chi connectivity index (χ4v) is 3.29. The zero-order valence-corrected chi connectivity index (χ0v) is 11.3. The van der Waals surface area contributed by atoms with Crippen LogP contribution in [0.2, 0.25) is 0 Å². The van der Waals surface area contributed by atoms with Gasteiger partial charge in [0.05, 0.1) is 5.38 Å². The van der Waals surface area contributed by atoms with E-state index in [-0.39, 0.29) is 5.38 Å². The lowest BCUT2D eigenvalue weighted by atomic mass is 9.90. The Bertz CT molecular complexity index is 320. The number of benzene rings is 1. The molecule has 3 atom stereocenters. The monoisotopic (exact) mass is 286 g/mol. The predicted octanol–water partition coefficient (Wildman–Crippen LogP) is 5.17. The summed E-state index contributed by atoms with van der Waals surface area (Å²) in [5.74, 6) is 1.43. The van der Waals surface area contributed by atoms with Crippen LogP contribution in [0.5, 0.6) is 0 Å². The Balaban J connectivity index is 2.13. The van der Waals surface area contributed by atoms with E-state index in [4.69, 9.17) is 11.6 Å². The van der Waals surface area contributed by atoms with Crippen molar-refractivity contribution in [1.29, 1.82) is 0 Å². The van der Waals surface area contributed by atoms with E-state index in [0.29, 0.717) is 5.92 Å². The summed E-state index contributed by atoms with van der Waals surface area (Å²) in [7, 11) is 0. The van der Waals surface area contributed by atoms with Crippen molar-refractivity contribution in [3.8, 4) is 0 Å². The van der Waals surface area contributed by atoms with Crippen molar-refractivity contribution in [3.63, 3.8) is 0 Å². The van der Waals surface area contributed by atoms with Gasteiger partial charge in [-0.25, -0.2) is 0 Å². The number of halogens is 2. The zero-order valence-electron chi connectivity index (χ0n) is 8.92. The van der Waals surface area contributed by atoms with Crippen LogP contribution >= 0.6 is 27.5 Å². The summed E-state index contributed by atoms with van der Waals surface area (Å²) in [5, 5.41) is 0.190. The standard InChI is InChI=1S/C13H16BrCl/c1-9-3-2-4-12(9)13(15)10-5-7-11(14)8-6-10/h5-9,12-13H,2-4H2,1H3. The van der Waals surface area contributed by atoms with Crippen LogP contribution in [-0.2, 0) is 0 Å². The van der Waals surface area contributed by atoms with Crippen molar-refractivity contribution < 1.29 is 0 Å². The molecule has 0 saturated heterocycles. The van der Waals surface area contributed by atoms with Gasteiger partial charge >= 0.3 is 0 Å². The van der Waals surface area contributed by atoms with Gasteiger partial charge in [0.15, 0.2) is 0 Å². The second-order valence-electron chi connectivity index (χ2n) is 4.53. The third-order valence-electron chi connectivity index (χ3n) is 3.49.